The van der Waals surface area contributed by atoms with Gasteiger partial charge in [0.05, 0.1) is 0 Å². The molecular weight excluding hydrogens is 761 g/mol. The van der Waals surface area contributed by atoms with Crippen molar-refractivity contribution in [2.24, 2.45) is 11.8 Å². The first-order chi connectivity index (χ1) is 28.6. The first kappa shape index (κ1) is 48.3. The summed E-state index contributed by atoms with van der Waals surface area (Å²) in [5.74, 6) is -2.85. The number of carbonyl (C=O) groups excluding carboxylic acids is 6. The zero-order valence-electron chi connectivity index (χ0n) is 35.8. The second-order valence-electron chi connectivity index (χ2n) is 16.2. The van der Waals surface area contributed by atoms with Gasteiger partial charge >= 0.3 is 6.03 Å². The highest BCUT2D eigenvalue weighted by molar-refractivity contribution is 5.96. The monoisotopic (exact) mass is 824 g/mol. The highest BCUT2D eigenvalue weighted by atomic mass is 16.2. The van der Waals surface area contributed by atoms with E-state index in [0.29, 0.717) is 6.42 Å². The Labute approximate surface area is 354 Å². The van der Waals surface area contributed by atoms with Gasteiger partial charge in [-0.2, -0.15) is 0 Å². The molecule has 3 rings (SSSR count). The fourth-order valence-electron chi connectivity index (χ4n) is 6.53. The van der Waals surface area contributed by atoms with Gasteiger partial charge in [-0.3, -0.25) is 24.0 Å². The van der Waals surface area contributed by atoms with Gasteiger partial charge in [-0.25, -0.2) is 4.79 Å². The molecule has 0 saturated heterocycles. The van der Waals surface area contributed by atoms with Crippen LogP contribution >= 0.6 is 0 Å². The van der Waals surface area contributed by atoms with E-state index in [-0.39, 0.29) is 56.5 Å². The molecule has 7 amide bonds. The maximum absolute atomic E-state index is 14.3. The predicted molar refractivity (Wildman–Crippen MR) is 234 cm³/mol. The van der Waals surface area contributed by atoms with E-state index in [1.807, 2.05) is 119 Å². The van der Waals surface area contributed by atoms with E-state index in [0.717, 1.165) is 16.7 Å². The Morgan fingerprint density at radius 2 is 0.800 bits per heavy atom. The zero-order chi connectivity index (χ0) is 44.0. The number of benzene rings is 3. The van der Waals surface area contributed by atoms with Crippen LogP contribution < -0.4 is 37.2 Å². The molecule has 0 heterocycles. The van der Waals surface area contributed by atoms with Gasteiger partial charge in [0.25, 0.3) is 0 Å². The average Bonchev–Trinajstić information content (AvgIpc) is 3.20. The molecular formula is C46H64N8O6. The Balaban J connectivity index is 1.88. The van der Waals surface area contributed by atoms with Gasteiger partial charge in [0.2, 0.25) is 29.5 Å². The van der Waals surface area contributed by atoms with Crippen molar-refractivity contribution in [2.45, 2.75) is 116 Å². The predicted octanol–water partition coefficient (Wildman–Crippen LogP) is 3.98. The molecule has 5 atom stereocenters. The Kier molecular flexibility index (Phi) is 20.5. The Bertz CT molecular complexity index is 1820. The number of urea groups is 1. The Morgan fingerprint density at radius 3 is 1.15 bits per heavy atom. The molecule has 0 spiro atoms. The van der Waals surface area contributed by atoms with Gasteiger partial charge in [-0.05, 0) is 67.9 Å². The lowest BCUT2D eigenvalue weighted by Crippen LogP contribution is -2.60. The molecule has 0 bridgehead atoms. The molecule has 0 radical (unpaired) electrons. The minimum atomic E-state index is -1.16. The number of rotatable bonds is 24. The van der Waals surface area contributed by atoms with Crippen LogP contribution in [0.15, 0.2) is 91.0 Å². The molecule has 8 N–H and O–H groups in total. The van der Waals surface area contributed by atoms with E-state index in [1.165, 1.54) is 6.21 Å². The van der Waals surface area contributed by atoms with E-state index in [9.17, 15) is 28.8 Å². The van der Waals surface area contributed by atoms with Crippen LogP contribution in [0.25, 0.3) is 0 Å². The van der Waals surface area contributed by atoms with Gasteiger partial charge in [0.1, 0.15) is 30.2 Å². The summed E-state index contributed by atoms with van der Waals surface area (Å²) in [6.45, 7) is 11.5. The minimum absolute atomic E-state index is 0.0390. The number of hydrogen-bond acceptors (Lipinski definition) is 7. The van der Waals surface area contributed by atoms with E-state index < -0.39 is 65.8 Å². The summed E-state index contributed by atoms with van der Waals surface area (Å²) in [7, 11) is 0. The number of nitrogens with one attached hydrogen (secondary N) is 8. The van der Waals surface area contributed by atoms with Crippen LogP contribution in [0.5, 0.6) is 0 Å². The summed E-state index contributed by atoms with van der Waals surface area (Å²) in [5.41, 5.74) is 2.38. The van der Waals surface area contributed by atoms with E-state index in [1.54, 1.807) is 13.8 Å². The van der Waals surface area contributed by atoms with Crippen molar-refractivity contribution in [1.82, 2.24) is 37.2 Å². The van der Waals surface area contributed by atoms with E-state index in [2.05, 4.69) is 37.2 Å². The van der Waals surface area contributed by atoms with Gasteiger partial charge < -0.3 is 42.6 Å². The smallest absolute Gasteiger partial charge is 0.315 e. The summed E-state index contributed by atoms with van der Waals surface area (Å²) in [4.78, 5) is 82.6. The van der Waals surface area contributed by atoms with Gasteiger partial charge in [0.15, 0.2) is 0 Å². The normalized spacial score (nSPS) is 13.6. The van der Waals surface area contributed by atoms with Crippen molar-refractivity contribution < 1.29 is 28.8 Å². The third-order valence-electron chi connectivity index (χ3n) is 9.42. The first-order valence-corrected chi connectivity index (χ1v) is 20.8. The number of amides is 7. The zero-order valence-corrected chi connectivity index (χ0v) is 35.8. The van der Waals surface area contributed by atoms with Gasteiger partial charge in [0, 0.05) is 31.8 Å². The summed E-state index contributed by atoms with van der Waals surface area (Å²) in [6.07, 6.45) is 2.45. The molecule has 0 saturated carbocycles. The molecule has 3 aromatic carbocycles. The maximum atomic E-state index is 14.3. The standard InChI is InChI=1S/C46H64N8O6/c1-30(2)25-36(42(56)52-38(41(55)48-24-16-23-47)27-33-17-10-7-11-18-33)50-44(58)39(28-34-19-12-8-13-20-34)53-43(57)37(26-31(3)4)51-45(59)40(54-46(60)49-32(5)6)29-35-21-14-9-15-22-35/h7-15,17-23,30-32,36-40,47H,16,24-29H2,1-6H3,(H,48,55)(H,50,58)(H,51,59)(H,52,56)(H,53,57)(H2,49,54,60). The lowest BCUT2D eigenvalue weighted by molar-refractivity contribution is -0.135. The van der Waals surface area contributed by atoms with Crippen LogP contribution in [0.4, 0.5) is 4.79 Å². The molecule has 5 unspecified atom stereocenters. The van der Waals surface area contributed by atoms with Crippen LogP contribution in [0.2, 0.25) is 0 Å². The molecule has 0 fully saturated rings. The lowest BCUT2D eigenvalue weighted by atomic mass is 9.98. The number of hydrogen-bond donors (Lipinski definition) is 8. The first-order valence-electron chi connectivity index (χ1n) is 20.8. The summed E-state index contributed by atoms with van der Waals surface area (Å²) in [6, 6.07) is 21.6. The SMILES string of the molecule is CC(C)CC(NC(=O)C(Cc1ccccc1)NC(=O)NC(C)C)C(=O)NC(Cc1ccccc1)C(=O)NC(CC(C)C)C(=O)NC(Cc1ccccc1)C(=O)NCCC=N. The average molecular weight is 825 g/mol. The van der Waals surface area contributed by atoms with Crippen LogP contribution in [-0.2, 0) is 43.2 Å². The maximum Gasteiger partial charge on any atom is 0.315 e. The van der Waals surface area contributed by atoms with Gasteiger partial charge in [-0.15, -0.1) is 0 Å². The van der Waals surface area contributed by atoms with Crippen molar-refractivity contribution in [3.05, 3.63) is 108 Å². The van der Waals surface area contributed by atoms with Crippen LogP contribution in [-0.4, -0.2) is 84.6 Å². The van der Waals surface area contributed by atoms with Crippen molar-refractivity contribution >= 4 is 41.8 Å². The molecule has 14 heteroatoms. The van der Waals surface area contributed by atoms with Crippen LogP contribution in [0.3, 0.4) is 0 Å². The van der Waals surface area contributed by atoms with Crippen molar-refractivity contribution in [3.63, 3.8) is 0 Å². The van der Waals surface area contributed by atoms with Crippen LogP contribution in [0, 0.1) is 17.2 Å². The summed E-state index contributed by atoms with van der Waals surface area (Å²) >= 11 is 0. The molecule has 0 aliphatic carbocycles. The Morgan fingerprint density at radius 1 is 0.467 bits per heavy atom. The molecule has 0 aromatic heterocycles. The van der Waals surface area contributed by atoms with E-state index in [4.69, 9.17) is 5.41 Å². The lowest BCUT2D eigenvalue weighted by Gasteiger charge is -2.28. The van der Waals surface area contributed by atoms with Gasteiger partial charge in [-0.1, -0.05) is 119 Å². The molecule has 324 valence electrons. The van der Waals surface area contributed by atoms with Crippen molar-refractivity contribution in [3.8, 4) is 0 Å². The third kappa shape index (κ3) is 17.8. The Hall–Kier alpha value is -6.05. The quantitative estimate of drug-likeness (QED) is 0.0495. The van der Waals surface area contributed by atoms with Crippen LogP contribution in [0.1, 0.15) is 77.5 Å². The second kappa shape index (κ2) is 25.4. The minimum Gasteiger partial charge on any atom is -0.354 e. The fourth-order valence-corrected chi connectivity index (χ4v) is 6.53. The second-order valence-corrected chi connectivity index (χ2v) is 16.2. The molecule has 0 aliphatic rings. The molecule has 0 aliphatic heterocycles. The molecule has 60 heavy (non-hydrogen) atoms. The van der Waals surface area contributed by atoms with Crippen molar-refractivity contribution in [1.29, 1.82) is 5.41 Å². The molecule has 14 nitrogen and oxygen atoms in total. The number of carbonyl (C=O) groups is 6. The van der Waals surface area contributed by atoms with Crippen molar-refractivity contribution in [2.75, 3.05) is 6.54 Å². The van der Waals surface area contributed by atoms with E-state index >= 15 is 0 Å². The largest absolute Gasteiger partial charge is 0.354 e. The summed E-state index contributed by atoms with van der Waals surface area (Å²) < 4.78 is 0. The third-order valence-corrected chi connectivity index (χ3v) is 9.42. The molecule has 3 aromatic rings. The topological polar surface area (TPSA) is 210 Å². The summed E-state index contributed by atoms with van der Waals surface area (Å²) in [5, 5.41) is 27.0. The highest BCUT2D eigenvalue weighted by Crippen LogP contribution is 2.13. The highest BCUT2D eigenvalue weighted by Gasteiger charge is 2.33. The fraction of sp³-hybridized carbons (Fsp3) is 0.457.